The number of aryl methyl sites for hydroxylation is 2. The van der Waals surface area contributed by atoms with Crippen LogP contribution in [0.2, 0.25) is 0 Å². The van der Waals surface area contributed by atoms with Gasteiger partial charge in [-0.2, -0.15) is 5.10 Å². The second kappa shape index (κ2) is 5.09. The molecule has 1 heterocycles. The molecule has 0 aliphatic rings. The van der Waals surface area contributed by atoms with Crippen molar-refractivity contribution < 1.29 is 8.78 Å². The van der Waals surface area contributed by atoms with Crippen LogP contribution in [0.1, 0.15) is 28.4 Å². The van der Waals surface area contributed by atoms with Crippen LogP contribution in [-0.4, -0.2) is 16.8 Å². The van der Waals surface area contributed by atoms with Gasteiger partial charge in [0.1, 0.15) is 0 Å². The lowest BCUT2D eigenvalue weighted by Crippen LogP contribution is -2.20. The first-order valence-corrected chi connectivity index (χ1v) is 6.07. The van der Waals surface area contributed by atoms with E-state index in [1.54, 1.807) is 37.0 Å². The molecule has 0 amide bonds. The maximum Gasteiger partial charge on any atom is 0.164 e. The smallest absolute Gasteiger partial charge is 0.164 e. The molecule has 3 nitrogen and oxygen atoms in total. The Morgan fingerprint density at radius 1 is 1.16 bits per heavy atom. The Balaban J connectivity index is 2.55. The fourth-order valence-corrected chi connectivity index (χ4v) is 2.16. The van der Waals surface area contributed by atoms with Crippen LogP contribution in [0.4, 0.5) is 8.78 Å². The summed E-state index contributed by atoms with van der Waals surface area (Å²) in [5.74, 6) is -1.60. The van der Waals surface area contributed by atoms with E-state index >= 15 is 0 Å². The minimum Gasteiger partial charge on any atom is -0.309 e. The van der Waals surface area contributed by atoms with Gasteiger partial charge in [0.2, 0.25) is 0 Å². The monoisotopic (exact) mass is 265 g/mol. The van der Waals surface area contributed by atoms with Crippen LogP contribution in [0.15, 0.2) is 18.3 Å². The van der Waals surface area contributed by atoms with E-state index in [-0.39, 0.29) is 0 Å². The predicted octanol–water partition coefficient (Wildman–Crippen LogP) is 2.62. The van der Waals surface area contributed by atoms with Crippen LogP contribution >= 0.6 is 0 Å². The van der Waals surface area contributed by atoms with Crippen molar-refractivity contribution >= 4 is 0 Å². The lowest BCUT2D eigenvalue weighted by atomic mass is 9.97. The molecule has 0 aliphatic carbocycles. The van der Waals surface area contributed by atoms with Gasteiger partial charge < -0.3 is 5.32 Å². The number of hydrogen-bond acceptors (Lipinski definition) is 2. The summed E-state index contributed by atoms with van der Waals surface area (Å²) in [5.41, 5.74) is 2.35. The zero-order valence-corrected chi connectivity index (χ0v) is 11.5. The van der Waals surface area contributed by atoms with Crippen molar-refractivity contribution in [1.29, 1.82) is 0 Å². The largest absolute Gasteiger partial charge is 0.309 e. The van der Waals surface area contributed by atoms with Crippen LogP contribution in [0.3, 0.4) is 0 Å². The second-order valence-electron chi connectivity index (χ2n) is 4.63. The summed E-state index contributed by atoms with van der Waals surface area (Å²) in [6.45, 7) is 3.45. The van der Waals surface area contributed by atoms with Gasteiger partial charge in [-0.05, 0) is 26.5 Å². The lowest BCUT2D eigenvalue weighted by molar-refractivity contribution is 0.482. The minimum atomic E-state index is -0.803. The SMILES string of the molecule is CNC(c1ccc(C)c(F)c1F)c1cnn(C)c1C. The number of aromatic nitrogens is 2. The van der Waals surface area contributed by atoms with Gasteiger partial charge in [0.25, 0.3) is 0 Å². The van der Waals surface area contributed by atoms with Crippen molar-refractivity contribution in [2.45, 2.75) is 19.9 Å². The number of halogens is 2. The molecule has 0 bridgehead atoms. The van der Waals surface area contributed by atoms with Crippen LogP contribution in [0.5, 0.6) is 0 Å². The maximum atomic E-state index is 14.1. The standard InChI is InChI=1S/C14H17F2N3/c1-8-5-6-10(13(16)12(8)15)14(17-3)11-7-18-19(4)9(11)2/h5-7,14,17H,1-4H3. The average Bonchev–Trinajstić information content (AvgIpc) is 2.72. The molecule has 0 saturated carbocycles. The third-order valence-corrected chi connectivity index (χ3v) is 3.49. The number of nitrogens with one attached hydrogen (secondary N) is 1. The van der Waals surface area contributed by atoms with E-state index in [0.29, 0.717) is 11.1 Å². The first-order valence-electron chi connectivity index (χ1n) is 6.07. The van der Waals surface area contributed by atoms with Crippen molar-refractivity contribution in [3.05, 3.63) is 52.3 Å². The summed E-state index contributed by atoms with van der Waals surface area (Å²) < 4.78 is 29.5. The van der Waals surface area contributed by atoms with E-state index in [0.717, 1.165) is 11.3 Å². The van der Waals surface area contributed by atoms with Gasteiger partial charge in [-0.15, -0.1) is 0 Å². The van der Waals surface area contributed by atoms with Crippen molar-refractivity contribution in [3.63, 3.8) is 0 Å². The van der Waals surface area contributed by atoms with Gasteiger partial charge in [0.15, 0.2) is 11.6 Å². The summed E-state index contributed by atoms with van der Waals surface area (Å²) in [6.07, 6.45) is 1.67. The summed E-state index contributed by atoms with van der Waals surface area (Å²) in [7, 11) is 3.53. The Bertz CT molecular complexity index is 605. The third-order valence-electron chi connectivity index (χ3n) is 3.49. The first-order chi connectivity index (χ1) is 8.97. The van der Waals surface area contributed by atoms with Crippen LogP contribution in [0.25, 0.3) is 0 Å². The molecule has 102 valence electrons. The van der Waals surface area contributed by atoms with Crippen molar-refractivity contribution in [2.24, 2.45) is 7.05 Å². The van der Waals surface area contributed by atoms with Gasteiger partial charge in [-0.1, -0.05) is 12.1 Å². The molecular weight excluding hydrogens is 248 g/mol. The van der Waals surface area contributed by atoms with Gasteiger partial charge in [-0.25, -0.2) is 8.78 Å². The van der Waals surface area contributed by atoms with Gasteiger partial charge in [-0.3, -0.25) is 4.68 Å². The van der Waals surface area contributed by atoms with E-state index in [4.69, 9.17) is 0 Å². The molecule has 0 radical (unpaired) electrons. The van der Waals surface area contributed by atoms with E-state index < -0.39 is 17.7 Å². The molecule has 2 rings (SSSR count). The molecule has 0 saturated heterocycles. The molecule has 19 heavy (non-hydrogen) atoms. The highest BCUT2D eigenvalue weighted by atomic mass is 19.2. The molecule has 2 aromatic rings. The van der Waals surface area contributed by atoms with Gasteiger partial charge >= 0.3 is 0 Å². The summed E-state index contributed by atoms with van der Waals surface area (Å²) in [4.78, 5) is 0. The number of rotatable bonds is 3. The van der Waals surface area contributed by atoms with Crippen LogP contribution in [-0.2, 0) is 7.05 Å². The Hall–Kier alpha value is -1.75. The quantitative estimate of drug-likeness (QED) is 0.924. The highest BCUT2D eigenvalue weighted by Gasteiger charge is 2.22. The van der Waals surface area contributed by atoms with E-state index in [1.165, 1.54) is 0 Å². The van der Waals surface area contributed by atoms with Crippen molar-refractivity contribution in [1.82, 2.24) is 15.1 Å². The van der Waals surface area contributed by atoms with Crippen LogP contribution < -0.4 is 5.32 Å². The third kappa shape index (κ3) is 2.26. The van der Waals surface area contributed by atoms with Crippen LogP contribution in [0, 0.1) is 25.5 Å². The molecule has 1 aromatic heterocycles. The topological polar surface area (TPSA) is 29.9 Å². The second-order valence-corrected chi connectivity index (χ2v) is 4.63. The predicted molar refractivity (Wildman–Crippen MR) is 69.9 cm³/mol. The molecule has 1 atom stereocenters. The molecular formula is C14H17F2N3. The Labute approximate surface area is 111 Å². The van der Waals surface area contributed by atoms with Crippen molar-refractivity contribution in [2.75, 3.05) is 7.05 Å². The number of nitrogens with zero attached hydrogens (tertiary/aromatic N) is 2. The Morgan fingerprint density at radius 3 is 2.37 bits per heavy atom. The van der Waals surface area contributed by atoms with Gasteiger partial charge in [0.05, 0.1) is 12.2 Å². The normalized spacial score (nSPS) is 12.7. The summed E-state index contributed by atoms with van der Waals surface area (Å²) in [6, 6.07) is 2.79. The van der Waals surface area contributed by atoms with E-state index in [9.17, 15) is 8.78 Å². The average molecular weight is 265 g/mol. The maximum absolute atomic E-state index is 14.1. The van der Waals surface area contributed by atoms with E-state index in [2.05, 4.69) is 10.4 Å². The number of benzene rings is 1. The Morgan fingerprint density at radius 2 is 1.84 bits per heavy atom. The zero-order chi connectivity index (χ0) is 14.2. The molecule has 0 fully saturated rings. The minimum absolute atomic E-state index is 0.293. The molecule has 5 heteroatoms. The summed E-state index contributed by atoms with van der Waals surface area (Å²) in [5, 5.41) is 7.16. The first kappa shape index (κ1) is 13.7. The lowest BCUT2D eigenvalue weighted by Gasteiger charge is -2.18. The highest BCUT2D eigenvalue weighted by molar-refractivity contribution is 5.36. The molecule has 1 aromatic carbocycles. The van der Waals surface area contributed by atoms with E-state index in [1.807, 2.05) is 14.0 Å². The Kier molecular flexibility index (Phi) is 3.66. The molecule has 1 N–H and O–H groups in total. The number of hydrogen-bond donors (Lipinski definition) is 1. The highest BCUT2D eigenvalue weighted by Crippen LogP contribution is 2.28. The zero-order valence-electron chi connectivity index (χ0n) is 11.5. The van der Waals surface area contributed by atoms with Gasteiger partial charge in [0, 0.05) is 23.9 Å². The van der Waals surface area contributed by atoms with Crippen molar-refractivity contribution in [3.8, 4) is 0 Å². The molecule has 0 spiro atoms. The molecule has 0 aliphatic heterocycles. The summed E-state index contributed by atoms with van der Waals surface area (Å²) >= 11 is 0. The fraction of sp³-hybridized carbons (Fsp3) is 0.357. The molecule has 1 unspecified atom stereocenters. The fourth-order valence-electron chi connectivity index (χ4n) is 2.16.